The fraction of sp³-hybridized carbons (Fsp3) is 0.750. The van der Waals surface area contributed by atoms with Crippen molar-refractivity contribution in [3.05, 3.63) is 23.7 Å². The van der Waals surface area contributed by atoms with Gasteiger partial charge in [-0.05, 0) is 38.3 Å². The van der Waals surface area contributed by atoms with Gasteiger partial charge >= 0.3 is 0 Å². The van der Waals surface area contributed by atoms with Crippen LogP contribution in [0.3, 0.4) is 0 Å². The second-order valence-corrected chi connectivity index (χ2v) is 8.12. The lowest BCUT2D eigenvalue weighted by Gasteiger charge is -2.32. The number of sulfonamides is 1. The van der Waals surface area contributed by atoms with E-state index in [-0.39, 0.29) is 11.8 Å². The van der Waals surface area contributed by atoms with Gasteiger partial charge in [-0.3, -0.25) is 0 Å². The van der Waals surface area contributed by atoms with E-state index in [2.05, 4.69) is 19.2 Å². The second kappa shape index (κ2) is 7.62. The molecule has 0 bridgehead atoms. The van der Waals surface area contributed by atoms with Crippen LogP contribution in [0, 0.1) is 0 Å². The molecule has 0 aromatic carbocycles. The molecule has 2 heterocycles. The molecule has 0 amide bonds. The molecule has 126 valence electrons. The van der Waals surface area contributed by atoms with Crippen LogP contribution in [0.25, 0.3) is 0 Å². The molecule has 1 aromatic heterocycles. The highest BCUT2D eigenvalue weighted by molar-refractivity contribution is 7.89. The fourth-order valence-electron chi connectivity index (χ4n) is 2.94. The maximum atomic E-state index is 12.1. The van der Waals surface area contributed by atoms with Crippen LogP contribution in [-0.2, 0) is 16.4 Å². The van der Waals surface area contributed by atoms with Crippen LogP contribution in [0.2, 0.25) is 0 Å². The van der Waals surface area contributed by atoms with E-state index in [0.29, 0.717) is 25.6 Å². The molecule has 0 radical (unpaired) electrons. The van der Waals surface area contributed by atoms with Crippen molar-refractivity contribution in [2.45, 2.75) is 58.5 Å². The summed E-state index contributed by atoms with van der Waals surface area (Å²) in [7, 11) is -3.05. The highest BCUT2D eigenvalue weighted by Gasteiger charge is 2.28. The van der Waals surface area contributed by atoms with Crippen LogP contribution in [0.15, 0.2) is 16.5 Å². The van der Waals surface area contributed by atoms with Crippen LogP contribution in [0.5, 0.6) is 0 Å². The first-order valence-corrected chi connectivity index (χ1v) is 9.89. The van der Waals surface area contributed by atoms with Crippen molar-refractivity contribution in [3.63, 3.8) is 0 Å². The zero-order chi connectivity index (χ0) is 16.2. The summed E-state index contributed by atoms with van der Waals surface area (Å²) in [5.41, 5.74) is 0. The molecule has 1 aliphatic heterocycles. The van der Waals surface area contributed by atoms with Gasteiger partial charge in [0.25, 0.3) is 0 Å². The second-order valence-electron chi connectivity index (χ2n) is 6.04. The molecule has 1 fully saturated rings. The van der Waals surface area contributed by atoms with E-state index in [4.69, 9.17) is 4.42 Å². The molecule has 1 unspecified atom stereocenters. The third-order valence-electron chi connectivity index (χ3n) is 4.25. The summed E-state index contributed by atoms with van der Waals surface area (Å²) in [5, 5.41) is 3.56. The normalized spacial score (nSPS) is 19.4. The summed E-state index contributed by atoms with van der Waals surface area (Å²) in [4.78, 5) is 0. The van der Waals surface area contributed by atoms with Crippen LogP contribution >= 0.6 is 0 Å². The number of nitrogens with one attached hydrogen (secondary N) is 1. The van der Waals surface area contributed by atoms with Crippen LogP contribution in [0.1, 0.15) is 57.6 Å². The van der Waals surface area contributed by atoms with E-state index in [1.165, 1.54) is 0 Å². The first-order valence-electron chi connectivity index (χ1n) is 8.28. The zero-order valence-electron chi connectivity index (χ0n) is 13.8. The Bertz CT molecular complexity index is 560. The molecule has 1 saturated heterocycles. The summed E-state index contributed by atoms with van der Waals surface area (Å²) in [6, 6.07) is 4.55. The molecule has 1 N–H and O–H groups in total. The smallest absolute Gasteiger partial charge is 0.214 e. The van der Waals surface area contributed by atoms with E-state index < -0.39 is 10.0 Å². The maximum absolute atomic E-state index is 12.1. The van der Waals surface area contributed by atoms with Gasteiger partial charge in [0.2, 0.25) is 10.0 Å². The van der Waals surface area contributed by atoms with Gasteiger partial charge in [0, 0.05) is 25.6 Å². The largest absolute Gasteiger partial charge is 0.464 e. The Kier molecular flexibility index (Phi) is 6.06. The van der Waals surface area contributed by atoms with E-state index >= 15 is 0 Å². The average molecular weight is 328 g/mol. The Labute approximate surface area is 134 Å². The van der Waals surface area contributed by atoms with Crippen molar-refractivity contribution >= 4 is 10.0 Å². The molecule has 0 saturated carbocycles. The maximum Gasteiger partial charge on any atom is 0.214 e. The Morgan fingerprint density at radius 1 is 1.32 bits per heavy atom. The number of hydrogen-bond acceptors (Lipinski definition) is 4. The van der Waals surface area contributed by atoms with Crippen molar-refractivity contribution in [1.29, 1.82) is 0 Å². The van der Waals surface area contributed by atoms with Gasteiger partial charge in [-0.25, -0.2) is 12.7 Å². The van der Waals surface area contributed by atoms with Crippen molar-refractivity contribution in [3.8, 4) is 0 Å². The molecule has 22 heavy (non-hydrogen) atoms. The molecular formula is C16H28N2O3S. The van der Waals surface area contributed by atoms with Crippen molar-refractivity contribution in [2.75, 3.05) is 18.8 Å². The average Bonchev–Trinajstić information content (AvgIpc) is 2.97. The van der Waals surface area contributed by atoms with Gasteiger partial charge < -0.3 is 9.73 Å². The Morgan fingerprint density at radius 3 is 2.55 bits per heavy atom. The van der Waals surface area contributed by atoms with Crippen LogP contribution < -0.4 is 5.32 Å². The van der Waals surface area contributed by atoms with Crippen LogP contribution in [-0.4, -0.2) is 37.6 Å². The number of aryl methyl sites for hydroxylation is 1. The Balaban J connectivity index is 1.84. The molecule has 1 aliphatic rings. The topological polar surface area (TPSA) is 62.6 Å². The highest BCUT2D eigenvalue weighted by atomic mass is 32.2. The molecule has 1 aromatic rings. The molecule has 6 heteroatoms. The summed E-state index contributed by atoms with van der Waals surface area (Å²) in [6.45, 7) is 7.31. The fourth-order valence-corrected chi connectivity index (χ4v) is 4.48. The predicted octanol–water partition coefficient (Wildman–Crippen LogP) is 2.70. The number of rotatable bonds is 7. The van der Waals surface area contributed by atoms with Gasteiger partial charge in [-0.2, -0.15) is 0 Å². The standard InChI is InChI=1S/C16H28N2O3S/c1-4-12-22(19,20)18-10-8-14(9-11-18)17-13(3)16-7-6-15(5-2)21-16/h6-7,13-14,17H,4-5,8-12H2,1-3H3. The minimum absolute atomic E-state index is 0.157. The Hall–Kier alpha value is -0.850. The quantitative estimate of drug-likeness (QED) is 0.836. The molecular weight excluding hydrogens is 300 g/mol. The number of piperidine rings is 1. The summed E-state index contributed by atoms with van der Waals surface area (Å²) in [6.07, 6.45) is 3.29. The van der Waals surface area contributed by atoms with Gasteiger partial charge in [0.05, 0.1) is 11.8 Å². The lowest BCUT2D eigenvalue weighted by molar-refractivity contribution is 0.267. The van der Waals surface area contributed by atoms with E-state index in [1.807, 2.05) is 19.1 Å². The Morgan fingerprint density at radius 2 is 2.00 bits per heavy atom. The summed E-state index contributed by atoms with van der Waals surface area (Å²) >= 11 is 0. The first kappa shape index (κ1) is 17.5. The van der Waals surface area contributed by atoms with Gasteiger partial charge in [0.1, 0.15) is 11.5 Å². The molecule has 1 atom stereocenters. The lowest BCUT2D eigenvalue weighted by atomic mass is 10.1. The summed E-state index contributed by atoms with van der Waals surface area (Å²) in [5.74, 6) is 2.22. The number of furan rings is 1. The third-order valence-corrected chi connectivity index (χ3v) is 6.33. The first-order chi connectivity index (χ1) is 10.5. The van der Waals surface area contributed by atoms with Gasteiger partial charge in [-0.15, -0.1) is 0 Å². The SMILES string of the molecule is CCCS(=O)(=O)N1CCC(NC(C)c2ccc(CC)o2)CC1. The van der Waals surface area contributed by atoms with Crippen molar-refractivity contribution in [2.24, 2.45) is 0 Å². The summed E-state index contributed by atoms with van der Waals surface area (Å²) < 4.78 is 31.5. The molecule has 2 rings (SSSR count). The third kappa shape index (κ3) is 4.33. The number of hydrogen-bond donors (Lipinski definition) is 1. The molecule has 0 aliphatic carbocycles. The van der Waals surface area contributed by atoms with Crippen molar-refractivity contribution < 1.29 is 12.8 Å². The zero-order valence-corrected chi connectivity index (χ0v) is 14.7. The number of nitrogens with zero attached hydrogens (tertiary/aromatic N) is 1. The monoisotopic (exact) mass is 328 g/mol. The van der Waals surface area contributed by atoms with Crippen molar-refractivity contribution in [1.82, 2.24) is 9.62 Å². The lowest BCUT2D eigenvalue weighted by Crippen LogP contribution is -2.46. The van der Waals surface area contributed by atoms with E-state index in [9.17, 15) is 8.42 Å². The van der Waals surface area contributed by atoms with Gasteiger partial charge in [0.15, 0.2) is 0 Å². The van der Waals surface area contributed by atoms with E-state index in [0.717, 1.165) is 30.8 Å². The minimum atomic E-state index is -3.05. The van der Waals surface area contributed by atoms with Gasteiger partial charge in [-0.1, -0.05) is 13.8 Å². The highest BCUT2D eigenvalue weighted by Crippen LogP contribution is 2.21. The molecule has 0 spiro atoms. The van der Waals surface area contributed by atoms with Crippen LogP contribution in [0.4, 0.5) is 0 Å². The minimum Gasteiger partial charge on any atom is -0.464 e. The molecule has 5 nitrogen and oxygen atoms in total. The predicted molar refractivity (Wildman–Crippen MR) is 88.3 cm³/mol. The van der Waals surface area contributed by atoms with E-state index in [1.54, 1.807) is 4.31 Å².